The molecule has 0 aliphatic rings. The third kappa shape index (κ3) is 2.98. The molecule has 0 aliphatic heterocycles. The van der Waals surface area contributed by atoms with Crippen LogP contribution in [0, 0.1) is 5.82 Å². The Morgan fingerprint density at radius 2 is 1.64 bits per heavy atom. The van der Waals surface area contributed by atoms with Gasteiger partial charge in [-0.2, -0.15) is 9.61 Å². The van der Waals surface area contributed by atoms with Crippen LogP contribution in [-0.2, 0) is 0 Å². The molecule has 4 rings (SSSR count). The lowest BCUT2D eigenvalue weighted by molar-refractivity contribution is 0.628. The van der Waals surface area contributed by atoms with Crippen LogP contribution in [0.3, 0.4) is 0 Å². The third-order valence-electron chi connectivity index (χ3n) is 3.40. The van der Waals surface area contributed by atoms with Gasteiger partial charge in [-0.15, -0.1) is 10.2 Å². The van der Waals surface area contributed by atoms with Crippen LogP contribution in [0.25, 0.3) is 26.9 Å². The molecule has 0 unspecified atom stereocenters. The monoisotopic (exact) mass is 432 g/mol. The number of nitrogens with zero attached hydrogens (tertiary/aromatic N) is 4. The van der Waals surface area contributed by atoms with Crippen LogP contribution in [0.5, 0.6) is 0 Å². The molecule has 0 saturated carbocycles. The van der Waals surface area contributed by atoms with Gasteiger partial charge in [0.25, 0.3) is 0 Å². The van der Waals surface area contributed by atoms with Gasteiger partial charge >= 0.3 is 0 Å². The summed E-state index contributed by atoms with van der Waals surface area (Å²) in [6.07, 6.45) is 0. The highest BCUT2D eigenvalue weighted by Gasteiger charge is 2.19. The SMILES string of the molecule is Fc1cc(-c2nnc3sc(-c4ccc(Cl)cc4Cl)nn23)c(Cl)cc1Cl. The molecular weight excluding hydrogens is 429 g/mol. The molecule has 0 aliphatic carbocycles. The minimum absolute atomic E-state index is 0.0681. The van der Waals surface area contributed by atoms with Crippen LogP contribution >= 0.6 is 57.7 Å². The predicted molar refractivity (Wildman–Crippen MR) is 99.5 cm³/mol. The second-order valence-electron chi connectivity index (χ2n) is 5.00. The van der Waals surface area contributed by atoms with E-state index in [-0.39, 0.29) is 10.0 Å². The second-order valence-corrected chi connectivity index (χ2v) is 7.61. The number of rotatable bonds is 2. The maximum atomic E-state index is 13.8. The minimum Gasteiger partial charge on any atom is -0.205 e. The van der Waals surface area contributed by atoms with Gasteiger partial charge in [-0.05, 0) is 30.3 Å². The van der Waals surface area contributed by atoms with Gasteiger partial charge in [0.2, 0.25) is 4.96 Å². The zero-order valence-electron chi connectivity index (χ0n) is 12.0. The second kappa shape index (κ2) is 6.37. The Hall–Kier alpha value is -1.44. The Bertz CT molecular complexity index is 1120. The van der Waals surface area contributed by atoms with Crippen LogP contribution in [0.1, 0.15) is 0 Å². The highest BCUT2D eigenvalue weighted by Crippen LogP contribution is 2.36. The van der Waals surface area contributed by atoms with E-state index in [2.05, 4.69) is 15.3 Å². The van der Waals surface area contributed by atoms with Gasteiger partial charge < -0.3 is 0 Å². The van der Waals surface area contributed by atoms with Crippen LogP contribution in [0.4, 0.5) is 4.39 Å². The van der Waals surface area contributed by atoms with E-state index in [1.807, 2.05) is 0 Å². The van der Waals surface area contributed by atoms with Gasteiger partial charge in [0.1, 0.15) is 10.8 Å². The van der Waals surface area contributed by atoms with Crippen LogP contribution in [-0.4, -0.2) is 19.8 Å². The summed E-state index contributed by atoms with van der Waals surface area (Å²) in [7, 11) is 0. The van der Waals surface area contributed by atoms with Crippen molar-refractivity contribution >= 4 is 62.7 Å². The number of fused-ring (bicyclic) bond motifs is 1. The molecule has 2 aromatic heterocycles. The smallest absolute Gasteiger partial charge is 0.205 e. The van der Waals surface area contributed by atoms with E-state index in [1.54, 1.807) is 18.2 Å². The van der Waals surface area contributed by atoms with Crippen molar-refractivity contribution in [1.29, 1.82) is 0 Å². The van der Waals surface area contributed by atoms with Crippen molar-refractivity contribution in [3.63, 3.8) is 0 Å². The van der Waals surface area contributed by atoms with E-state index in [0.717, 1.165) is 0 Å². The van der Waals surface area contributed by atoms with Crippen molar-refractivity contribution in [3.8, 4) is 22.0 Å². The van der Waals surface area contributed by atoms with Crippen molar-refractivity contribution in [2.75, 3.05) is 0 Å². The van der Waals surface area contributed by atoms with Crippen LogP contribution < -0.4 is 0 Å². The summed E-state index contributed by atoms with van der Waals surface area (Å²) in [5.41, 5.74) is 1.05. The summed E-state index contributed by atoms with van der Waals surface area (Å²) in [6.45, 7) is 0. The standard InChI is InChI=1S/C15H5Cl4FN4S/c16-6-1-2-7(9(17)3-6)14-23-24-13(21-22-15(24)25-14)8-4-12(20)11(19)5-10(8)18/h1-5H. The number of aromatic nitrogens is 4. The van der Waals surface area contributed by atoms with Crippen molar-refractivity contribution < 1.29 is 4.39 Å². The molecule has 0 bridgehead atoms. The summed E-state index contributed by atoms with van der Waals surface area (Å²) in [5.74, 6) is -0.294. The highest BCUT2D eigenvalue weighted by atomic mass is 35.5. The summed E-state index contributed by atoms with van der Waals surface area (Å²) < 4.78 is 15.3. The molecule has 0 saturated heterocycles. The van der Waals surface area contributed by atoms with E-state index in [1.165, 1.54) is 28.0 Å². The summed E-state index contributed by atoms with van der Waals surface area (Å²) in [4.78, 5) is 0.516. The number of halogens is 5. The normalized spacial score (nSPS) is 11.4. The molecule has 0 atom stereocenters. The van der Waals surface area contributed by atoms with Gasteiger partial charge in [0.05, 0.1) is 15.1 Å². The van der Waals surface area contributed by atoms with Crippen LogP contribution in [0.2, 0.25) is 20.1 Å². The molecule has 0 N–H and O–H groups in total. The summed E-state index contributed by atoms with van der Waals surface area (Å²) in [6, 6.07) is 7.64. The average molecular weight is 434 g/mol. The summed E-state index contributed by atoms with van der Waals surface area (Å²) in [5, 5.41) is 14.4. The first-order chi connectivity index (χ1) is 11.9. The molecule has 4 aromatic rings. The van der Waals surface area contributed by atoms with Crippen LogP contribution in [0.15, 0.2) is 30.3 Å². The largest absolute Gasteiger partial charge is 0.235 e. The van der Waals surface area contributed by atoms with E-state index < -0.39 is 5.82 Å². The van der Waals surface area contributed by atoms with Crippen molar-refractivity contribution in [1.82, 2.24) is 19.8 Å². The van der Waals surface area contributed by atoms with Gasteiger partial charge in [-0.25, -0.2) is 4.39 Å². The van der Waals surface area contributed by atoms with Gasteiger partial charge in [0, 0.05) is 16.1 Å². The molecule has 25 heavy (non-hydrogen) atoms. The molecule has 126 valence electrons. The lowest BCUT2D eigenvalue weighted by Gasteiger charge is -2.03. The Morgan fingerprint density at radius 3 is 2.40 bits per heavy atom. The predicted octanol–water partition coefficient (Wildman–Crippen LogP) is 6.27. The maximum Gasteiger partial charge on any atom is 0.235 e. The molecule has 0 radical (unpaired) electrons. The quantitative estimate of drug-likeness (QED) is 0.349. The van der Waals surface area contributed by atoms with E-state index in [0.29, 0.717) is 37.0 Å². The molecular formula is C15H5Cl4FN4S. The lowest BCUT2D eigenvalue weighted by Crippen LogP contribution is -1.93. The first-order valence-corrected chi connectivity index (χ1v) is 9.09. The minimum atomic E-state index is -0.603. The third-order valence-corrected chi connectivity index (χ3v) is 5.49. The molecule has 2 heterocycles. The Labute approximate surface area is 164 Å². The fourth-order valence-electron chi connectivity index (χ4n) is 2.25. The first-order valence-electron chi connectivity index (χ1n) is 6.76. The van der Waals surface area contributed by atoms with Gasteiger partial charge in [0.15, 0.2) is 5.82 Å². The molecule has 0 spiro atoms. The van der Waals surface area contributed by atoms with Gasteiger partial charge in [-0.1, -0.05) is 57.7 Å². The Morgan fingerprint density at radius 1 is 0.880 bits per heavy atom. The van der Waals surface area contributed by atoms with E-state index in [4.69, 9.17) is 46.4 Å². The number of hydrogen-bond donors (Lipinski definition) is 0. The molecule has 2 aromatic carbocycles. The van der Waals surface area contributed by atoms with Crippen molar-refractivity contribution in [2.24, 2.45) is 0 Å². The molecule has 10 heteroatoms. The number of hydrogen-bond acceptors (Lipinski definition) is 4. The van der Waals surface area contributed by atoms with Gasteiger partial charge in [-0.3, -0.25) is 0 Å². The van der Waals surface area contributed by atoms with E-state index in [9.17, 15) is 4.39 Å². The zero-order valence-corrected chi connectivity index (χ0v) is 15.8. The average Bonchev–Trinajstić information content (AvgIpc) is 3.11. The van der Waals surface area contributed by atoms with Crippen molar-refractivity contribution in [3.05, 3.63) is 56.2 Å². The first kappa shape index (κ1) is 17.0. The Balaban J connectivity index is 1.88. The maximum absolute atomic E-state index is 13.8. The molecule has 0 fully saturated rings. The van der Waals surface area contributed by atoms with E-state index >= 15 is 0 Å². The molecule has 0 amide bonds. The fraction of sp³-hybridized carbons (Fsp3) is 0. The number of benzene rings is 2. The summed E-state index contributed by atoms with van der Waals surface area (Å²) >= 11 is 25.3. The highest BCUT2D eigenvalue weighted by molar-refractivity contribution is 7.19. The topological polar surface area (TPSA) is 43.1 Å². The van der Waals surface area contributed by atoms with Crippen molar-refractivity contribution in [2.45, 2.75) is 0 Å². The lowest BCUT2D eigenvalue weighted by atomic mass is 10.2. The molecule has 4 nitrogen and oxygen atoms in total. The zero-order chi connectivity index (χ0) is 17.7. The fourth-order valence-corrected chi connectivity index (χ4v) is 4.15. The Kier molecular flexibility index (Phi) is 4.33.